The number of anilines is 2. The normalized spacial score (nSPS) is 15.0. The smallest absolute Gasteiger partial charge is 0.378 e. The molecule has 2 N–H and O–H groups in total. The number of alkyl halides is 3. The van der Waals surface area contributed by atoms with E-state index in [2.05, 4.69) is 10.0 Å². The number of sulfonamides is 1. The molecule has 0 spiro atoms. The van der Waals surface area contributed by atoms with Crippen LogP contribution < -0.4 is 14.9 Å². The lowest BCUT2D eigenvalue weighted by Crippen LogP contribution is -2.36. The SMILES string of the molecule is CS(=O)(=O)Nc1ccc(/C=C/C(=O)NCc2ccc(N3CCOCC3)cc2C(F)(F)F)cc1. The van der Waals surface area contributed by atoms with E-state index in [1.807, 2.05) is 4.90 Å². The van der Waals surface area contributed by atoms with E-state index in [0.29, 0.717) is 43.2 Å². The van der Waals surface area contributed by atoms with E-state index in [4.69, 9.17) is 4.74 Å². The first-order chi connectivity index (χ1) is 15.5. The third kappa shape index (κ3) is 7.50. The molecule has 1 saturated heterocycles. The average molecular weight is 484 g/mol. The third-order valence-corrected chi connectivity index (χ3v) is 5.48. The van der Waals surface area contributed by atoms with E-state index in [9.17, 15) is 26.4 Å². The Bertz CT molecular complexity index is 1110. The summed E-state index contributed by atoms with van der Waals surface area (Å²) in [6.07, 6.45) is -0.842. The number of amides is 1. The lowest BCUT2D eigenvalue weighted by molar-refractivity contribution is -0.138. The molecule has 1 aliphatic heterocycles. The molecule has 1 aliphatic rings. The molecule has 3 rings (SSSR count). The minimum atomic E-state index is -4.56. The van der Waals surface area contributed by atoms with Crippen LogP contribution in [0.3, 0.4) is 0 Å². The maximum absolute atomic E-state index is 13.6. The quantitative estimate of drug-likeness (QED) is 0.591. The summed E-state index contributed by atoms with van der Waals surface area (Å²) in [6.45, 7) is 1.68. The molecule has 2 aromatic carbocycles. The van der Waals surface area contributed by atoms with Crippen LogP contribution in [0.1, 0.15) is 16.7 Å². The van der Waals surface area contributed by atoms with E-state index in [1.165, 1.54) is 30.4 Å². The van der Waals surface area contributed by atoms with Crippen LogP contribution in [0.2, 0.25) is 0 Å². The number of hydrogen-bond acceptors (Lipinski definition) is 5. The van der Waals surface area contributed by atoms with Crippen molar-refractivity contribution >= 4 is 33.4 Å². The van der Waals surface area contributed by atoms with Crippen molar-refractivity contribution in [3.63, 3.8) is 0 Å². The van der Waals surface area contributed by atoms with E-state index in [0.717, 1.165) is 12.3 Å². The Labute approximate surface area is 190 Å². The molecular weight excluding hydrogens is 459 g/mol. The number of nitrogens with one attached hydrogen (secondary N) is 2. The van der Waals surface area contributed by atoms with Gasteiger partial charge < -0.3 is 15.0 Å². The topological polar surface area (TPSA) is 87.7 Å². The second-order valence-corrected chi connectivity index (χ2v) is 9.23. The summed E-state index contributed by atoms with van der Waals surface area (Å²) in [5.41, 5.74) is 0.644. The molecule has 1 fully saturated rings. The number of carbonyl (C=O) groups excluding carboxylic acids is 1. The zero-order valence-corrected chi connectivity index (χ0v) is 18.7. The first-order valence-electron chi connectivity index (χ1n) is 10.1. The van der Waals surface area contributed by atoms with Gasteiger partial charge in [-0.1, -0.05) is 18.2 Å². The number of ether oxygens (including phenoxy) is 1. The number of morpholine rings is 1. The van der Waals surface area contributed by atoms with E-state index >= 15 is 0 Å². The van der Waals surface area contributed by atoms with Crippen molar-refractivity contribution in [3.8, 4) is 0 Å². The lowest BCUT2D eigenvalue weighted by Gasteiger charge is -2.29. The van der Waals surface area contributed by atoms with Gasteiger partial charge in [-0.2, -0.15) is 13.2 Å². The summed E-state index contributed by atoms with van der Waals surface area (Å²) >= 11 is 0. The molecule has 33 heavy (non-hydrogen) atoms. The average Bonchev–Trinajstić information content (AvgIpc) is 2.76. The van der Waals surface area contributed by atoms with Crippen LogP contribution in [0.25, 0.3) is 6.08 Å². The third-order valence-electron chi connectivity index (χ3n) is 4.87. The lowest BCUT2D eigenvalue weighted by atomic mass is 10.0. The molecule has 0 atom stereocenters. The number of rotatable bonds is 7. The van der Waals surface area contributed by atoms with Gasteiger partial charge >= 0.3 is 6.18 Å². The van der Waals surface area contributed by atoms with Gasteiger partial charge in [0, 0.05) is 37.1 Å². The van der Waals surface area contributed by atoms with Gasteiger partial charge in [-0.3, -0.25) is 9.52 Å². The Balaban J connectivity index is 1.64. The van der Waals surface area contributed by atoms with Crippen LogP contribution in [-0.4, -0.2) is 46.9 Å². The minimum Gasteiger partial charge on any atom is -0.378 e. The number of hydrogen-bond donors (Lipinski definition) is 2. The number of halogens is 3. The van der Waals surface area contributed by atoms with E-state index in [-0.39, 0.29) is 12.1 Å². The molecule has 0 bridgehead atoms. The minimum absolute atomic E-state index is 0.0301. The van der Waals surface area contributed by atoms with Crippen LogP contribution >= 0.6 is 0 Å². The van der Waals surface area contributed by atoms with Gasteiger partial charge in [0.2, 0.25) is 15.9 Å². The molecule has 0 saturated carbocycles. The summed E-state index contributed by atoms with van der Waals surface area (Å²) in [4.78, 5) is 14.0. The van der Waals surface area contributed by atoms with Gasteiger partial charge in [0.1, 0.15) is 0 Å². The van der Waals surface area contributed by atoms with Crippen molar-refractivity contribution in [2.24, 2.45) is 0 Å². The monoisotopic (exact) mass is 483 g/mol. The molecule has 7 nitrogen and oxygen atoms in total. The Morgan fingerprint density at radius 1 is 1.12 bits per heavy atom. The summed E-state index contributed by atoms with van der Waals surface area (Å²) < 4.78 is 70.8. The van der Waals surface area contributed by atoms with Crippen LogP contribution in [0.15, 0.2) is 48.5 Å². The standard InChI is InChI=1S/C22H24F3N3O4S/c1-33(30,31)27-18-6-2-16(3-7-18)4-9-21(29)26-15-17-5-8-19(14-20(17)22(23,24)25)28-10-12-32-13-11-28/h2-9,14,27H,10-13,15H2,1H3,(H,26,29)/b9-4+. The molecule has 2 aromatic rings. The zero-order chi connectivity index (χ0) is 24.1. The predicted molar refractivity (Wildman–Crippen MR) is 120 cm³/mol. The van der Waals surface area contributed by atoms with Gasteiger partial charge in [-0.05, 0) is 41.5 Å². The second kappa shape index (κ2) is 10.3. The van der Waals surface area contributed by atoms with Crippen molar-refractivity contribution in [2.75, 3.05) is 42.2 Å². The predicted octanol–water partition coefficient (Wildman–Crippen LogP) is 3.24. The highest BCUT2D eigenvalue weighted by Gasteiger charge is 2.34. The molecule has 1 heterocycles. The number of carbonyl (C=O) groups is 1. The fraction of sp³-hybridized carbons (Fsp3) is 0.318. The Morgan fingerprint density at radius 3 is 2.39 bits per heavy atom. The van der Waals surface area contributed by atoms with Crippen LogP contribution in [0.5, 0.6) is 0 Å². The first kappa shape index (κ1) is 24.6. The van der Waals surface area contributed by atoms with Crippen molar-refractivity contribution in [2.45, 2.75) is 12.7 Å². The fourth-order valence-corrected chi connectivity index (χ4v) is 3.85. The van der Waals surface area contributed by atoms with Crippen LogP contribution in [0.4, 0.5) is 24.5 Å². The summed E-state index contributed by atoms with van der Waals surface area (Å²) in [5.74, 6) is -0.557. The van der Waals surface area contributed by atoms with Crippen molar-refractivity contribution in [1.29, 1.82) is 0 Å². The molecule has 0 aliphatic carbocycles. The maximum atomic E-state index is 13.6. The maximum Gasteiger partial charge on any atom is 0.416 e. The Morgan fingerprint density at radius 2 is 1.79 bits per heavy atom. The largest absolute Gasteiger partial charge is 0.416 e. The molecule has 1 amide bonds. The molecule has 0 unspecified atom stereocenters. The van der Waals surface area contributed by atoms with Gasteiger partial charge in [0.05, 0.1) is 25.0 Å². The second-order valence-electron chi connectivity index (χ2n) is 7.49. The first-order valence-corrected chi connectivity index (χ1v) is 12.0. The van der Waals surface area contributed by atoms with Gasteiger partial charge in [0.25, 0.3) is 0 Å². The van der Waals surface area contributed by atoms with Gasteiger partial charge in [-0.25, -0.2) is 8.42 Å². The highest BCUT2D eigenvalue weighted by Crippen LogP contribution is 2.35. The van der Waals surface area contributed by atoms with Crippen LogP contribution in [0, 0.1) is 0 Å². The van der Waals surface area contributed by atoms with Crippen molar-refractivity contribution < 1.29 is 31.1 Å². The molecule has 0 radical (unpaired) electrons. The van der Waals surface area contributed by atoms with E-state index < -0.39 is 27.7 Å². The summed E-state index contributed by atoms with van der Waals surface area (Å²) in [5, 5.41) is 2.47. The molecule has 0 aromatic heterocycles. The highest BCUT2D eigenvalue weighted by molar-refractivity contribution is 7.92. The molecule has 11 heteroatoms. The molecule has 178 valence electrons. The number of benzene rings is 2. The van der Waals surface area contributed by atoms with Crippen molar-refractivity contribution in [1.82, 2.24) is 5.32 Å². The number of nitrogens with zero attached hydrogens (tertiary/aromatic N) is 1. The zero-order valence-electron chi connectivity index (χ0n) is 17.9. The summed E-state index contributed by atoms with van der Waals surface area (Å²) in [7, 11) is -3.39. The van der Waals surface area contributed by atoms with Gasteiger partial charge in [0.15, 0.2) is 0 Å². The Kier molecular flexibility index (Phi) is 7.65. The Hall–Kier alpha value is -3.05. The van der Waals surface area contributed by atoms with Crippen molar-refractivity contribution in [3.05, 3.63) is 65.2 Å². The summed E-state index contributed by atoms with van der Waals surface area (Å²) in [6, 6.07) is 10.4. The van der Waals surface area contributed by atoms with Gasteiger partial charge in [-0.15, -0.1) is 0 Å². The highest BCUT2D eigenvalue weighted by atomic mass is 32.2. The fourth-order valence-electron chi connectivity index (χ4n) is 3.29. The van der Waals surface area contributed by atoms with E-state index in [1.54, 1.807) is 18.2 Å². The molecular formula is C22H24F3N3O4S. The van der Waals surface area contributed by atoms with Crippen LogP contribution in [-0.2, 0) is 32.3 Å².